The van der Waals surface area contributed by atoms with Crippen molar-refractivity contribution in [3.63, 3.8) is 0 Å². The highest BCUT2D eigenvalue weighted by Gasteiger charge is 2.45. The van der Waals surface area contributed by atoms with Gasteiger partial charge in [-0.2, -0.15) is 0 Å². The number of halogens is 1. The van der Waals surface area contributed by atoms with Gasteiger partial charge in [0.2, 0.25) is 0 Å². The van der Waals surface area contributed by atoms with Crippen molar-refractivity contribution in [3.05, 3.63) is 136 Å². The lowest BCUT2D eigenvalue weighted by molar-refractivity contribution is -0.234. The molecule has 0 N–H and O–H groups in total. The van der Waals surface area contributed by atoms with Crippen LogP contribution in [-0.2, 0) is 33.8 Å². The third-order valence-electron chi connectivity index (χ3n) is 8.42. The van der Waals surface area contributed by atoms with E-state index in [0.717, 1.165) is 45.3 Å². The van der Waals surface area contributed by atoms with E-state index in [1.165, 1.54) is 0 Å². The van der Waals surface area contributed by atoms with Gasteiger partial charge < -0.3 is 14.2 Å². The number of benzene rings is 4. The van der Waals surface area contributed by atoms with Gasteiger partial charge in [0.25, 0.3) is 0 Å². The van der Waals surface area contributed by atoms with Gasteiger partial charge in [-0.3, -0.25) is 0 Å². The fourth-order valence-corrected chi connectivity index (χ4v) is 6.19. The van der Waals surface area contributed by atoms with E-state index in [1.807, 2.05) is 73.7 Å². The van der Waals surface area contributed by atoms with Gasteiger partial charge in [-0.1, -0.05) is 104 Å². The van der Waals surface area contributed by atoms with Gasteiger partial charge in [0, 0.05) is 17.4 Å². The molecular formula is C37H38ClN3O3. The molecule has 0 aliphatic carbocycles. The maximum Gasteiger partial charge on any atom is 0.156 e. The van der Waals surface area contributed by atoms with Crippen LogP contribution < -0.4 is 0 Å². The summed E-state index contributed by atoms with van der Waals surface area (Å²) in [6.45, 7) is 7.36. The van der Waals surface area contributed by atoms with E-state index >= 15 is 0 Å². The normalized spacial score (nSPS) is 21.9. The van der Waals surface area contributed by atoms with Gasteiger partial charge in [0.1, 0.15) is 17.7 Å². The zero-order chi connectivity index (χ0) is 30.5. The van der Waals surface area contributed by atoms with Crippen molar-refractivity contribution < 1.29 is 14.2 Å². The largest absolute Gasteiger partial charge is 0.370 e. The van der Waals surface area contributed by atoms with Crippen LogP contribution in [0.4, 0.5) is 0 Å². The zero-order valence-electron chi connectivity index (χ0n) is 25.4. The Labute approximate surface area is 264 Å². The van der Waals surface area contributed by atoms with E-state index in [1.54, 1.807) is 0 Å². The summed E-state index contributed by atoms with van der Waals surface area (Å²) in [5.41, 5.74) is 6.86. The number of rotatable bonds is 10. The molecule has 0 amide bonds. The summed E-state index contributed by atoms with van der Waals surface area (Å²) in [6, 6.07) is 32.6. The summed E-state index contributed by atoms with van der Waals surface area (Å²) in [4.78, 5) is 4.77. The Hall–Kier alpha value is -3.68. The van der Waals surface area contributed by atoms with Gasteiger partial charge in [-0.15, -0.1) is 10.2 Å². The predicted molar refractivity (Wildman–Crippen MR) is 173 cm³/mol. The van der Waals surface area contributed by atoms with Crippen LogP contribution in [-0.4, -0.2) is 33.5 Å². The van der Waals surface area contributed by atoms with Gasteiger partial charge >= 0.3 is 0 Å². The van der Waals surface area contributed by atoms with Crippen LogP contribution in [0.3, 0.4) is 0 Å². The molecule has 0 spiro atoms. The number of nitrogens with zero attached hydrogens (tertiary/aromatic N) is 3. The fraction of sp³-hybridized carbons (Fsp3) is 0.324. The number of ether oxygens (including phenoxy) is 3. The summed E-state index contributed by atoms with van der Waals surface area (Å²) < 4.78 is 20.3. The van der Waals surface area contributed by atoms with Crippen LogP contribution in [0, 0.1) is 12.8 Å². The summed E-state index contributed by atoms with van der Waals surface area (Å²) >= 11 is 6.75. The Balaban J connectivity index is 1.32. The molecule has 1 aliphatic heterocycles. The number of aryl methyl sites for hydroxylation is 1. The maximum absolute atomic E-state index is 6.84. The van der Waals surface area contributed by atoms with Gasteiger partial charge in [-0.25, -0.2) is 4.98 Å². The van der Waals surface area contributed by atoms with Crippen molar-refractivity contribution in [1.29, 1.82) is 0 Å². The lowest BCUT2D eigenvalue weighted by Gasteiger charge is -2.46. The van der Waals surface area contributed by atoms with Crippen LogP contribution in [0.15, 0.2) is 97.1 Å². The first-order valence-electron chi connectivity index (χ1n) is 15.3. The lowest BCUT2D eigenvalue weighted by Crippen LogP contribution is -2.51. The minimum absolute atomic E-state index is 0.00737. The average molecular weight is 608 g/mol. The quantitative estimate of drug-likeness (QED) is 0.159. The summed E-state index contributed by atoms with van der Waals surface area (Å²) in [6.07, 6.45) is 0.451. The molecule has 0 unspecified atom stereocenters. The second kappa shape index (κ2) is 14.0. The SMILES string of the molecule is CC[C@H]1O[C@@H](c2ccc(Cl)c(Cc3nnc4cc(C)ccc4n3)c2)[C@H](OCc2ccccc2)[C@@H](OCc2ccccc2)[C@@H]1C. The standard InChI is InChI=1S/C37H38ClN3O3/c1-4-33-25(3)35(42-22-26-11-7-5-8-12-26)37(43-23-27-13-9-6-10-14-27)36(44-33)28-16-17-30(38)29(20-28)21-34-39-31-18-15-24(2)19-32(31)40-41-34/h5-20,25,33,35-37H,4,21-23H2,1-3H3/t25-,33-,35+,36+,37-/m1/s1. The first-order valence-corrected chi connectivity index (χ1v) is 15.7. The first kappa shape index (κ1) is 30.4. The third-order valence-corrected chi connectivity index (χ3v) is 8.79. The zero-order valence-corrected chi connectivity index (χ0v) is 26.2. The fourth-order valence-electron chi connectivity index (χ4n) is 6.00. The number of aromatic nitrogens is 3. The molecule has 2 heterocycles. The van der Waals surface area contributed by atoms with Crippen molar-refractivity contribution in [2.24, 2.45) is 5.92 Å². The number of hydrogen-bond acceptors (Lipinski definition) is 6. The van der Waals surface area contributed by atoms with Crippen molar-refractivity contribution in [3.8, 4) is 0 Å². The third kappa shape index (κ3) is 7.00. The van der Waals surface area contributed by atoms with E-state index in [2.05, 4.69) is 54.4 Å². The van der Waals surface area contributed by atoms with E-state index < -0.39 is 0 Å². The second-order valence-corrected chi connectivity index (χ2v) is 12.0. The molecule has 6 nitrogen and oxygen atoms in total. The van der Waals surface area contributed by atoms with E-state index in [0.29, 0.717) is 30.5 Å². The average Bonchev–Trinajstić information content (AvgIpc) is 3.05. The molecule has 5 aromatic rings. The molecule has 0 saturated carbocycles. The van der Waals surface area contributed by atoms with Crippen LogP contribution in [0.5, 0.6) is 0 Å². The second-order valence-electron chi connectivity index (χ2n) is 11.6. The molecule has 0 radical (unpaired) electrons. The van der Waals surface area contributed by atoms with Crippen LogP contribution in [0.2, 0.25) is 5.02 Å². The molecule has 7 heteroatoms. The Bertz CT molecular complexity index is 1680. The van der Waals surface area contributed by atoms with Gasteiger partial charge in [0.05, 0.1) is 30.9 Å². The first-order chi connectivity index (χ1) is 21.5. The summed E-state index contributed by atoms with van der Waals surface area (Å²) in [7, 11) is 0. The molecule has 0 bridgehead atoms. The minimum atomic E-state index is -0.352. The Morgan fingerprint density at radius 2 is 1.45 bits per heavy atom. The van der Waals surface area contributed by atoms with Gasteiger partial charge in [0.15, 0.2) is 5.82 Å². The van der Waals surface area contributed by atoms with E-state index in [4.69, 9.17) is 30.8 Å². The van der Waals surface area contributed by atoms with Crippen molar-refractivity contribution in [2.75, 3.05) is 0 Å². The molecule has 4 aromatic carbocycles. The van der Waals surface area contributed by atoms with Crippen molar-refractivity contribution in [2.45, 2.75) is 71.2 Å². The molecule has 1 aliphatic rings. The number of fused-ring (bicyclic) bond motifs is 1. The molecule has 1 aromatic heterocycles. The molecule has 5 atom stereocenters. The highest BCUT2D eigenvalue weighted by Crippen LogP contribution is 2.41. The topological polar surface area (TPSA) is 66.4 Å². The molecule has 1 fully saturated rings. The minimum Gasteiger partial charge on any atom is -0.370 e. The highest BCUT2D eigenvalue weighted by molar-refractivity contribution is 6.31. The lowest BCUT2D eigenvalue weighted by atomic mass is 9.84. The molecule has 1 saturated heterocycles. The van der Waals surface area contributed by atoms with Crippen LogP contribution >= 0.6 is 11.6 Å². The van der Waals surface area contributed by atoms with Crippen molar-refractivity contribution in [1.82, 2.24) is 15.2 Å². The number of hydrogen-bond donors (Lipinski definition) is 0. The molecular weight excluding hydrogens is 570 g/mol. The molecule has 44 heavy (non-hydrogen) atoms. The smallest absolute Gasteiger partial charge is 0.156 e. The molecule has 6 rings (SSSR count). The summed E-state index contributed by atoms with van der Waals surface area (Å²) in [5, 5.41) is 9.47. The summed E-state index contributed by atoms with van der Waals surface area (Å²) in [5.74, 6) is 0.749. The molecule has 226 valence electrons. The monoisotopic (exact) mass is 607 g/mol. The Morgan fingerprint density at radius 3 is 2.14 bits per heavy atom. The van der Waals surface area contributed by atoms with Crippen LogP contribution in [0.1, 0.15) is 60.0 Å². The highest BCUT2D eigenvalue weighted by atomic mass is 35.5. The van der Waals surface area contributed by atoms with E-state index in [9.17, 15) is 0 Å². The predicted octanol–water partition coefficient (Wildman–Crippen LogP) is 8.23. The van der Waals surface area contributed by atoms with Crippen molar-refractivity contribution >= 4 is 22.6 Å². The maximum atomic E-state index is 6.84. The van der Waals surface area contributed by atoms with Crippen LogP contribution in [0.25, 0.3) is 11.0 Å². The Kier molecular flexibility index (Phi) is 9.63. The Morgan fingerprint density at radius 1 is 0.773 bits per heavy atom. The van der Waals surface area contributed by atoms with Gasteiger partial charge in [-0.05, 0) is 59.4 Å². The van der Waals surface area contributed by atoms with E-state index in [-0.39, 0.29) is 30.3 Å².